The van der Waals surface area contributed by atoms with Gasteiger partial charge in [0.2, 0.25) is 0 Å². The Bertz CT molecular complexity index is 1370. The third kappa shape index (κ3) is 3.47. The molecule has 0 unspecified atom stereocenters. The number of hydrogen-bond donors (Lipinski definition) is 0. The summed E-state index contributed by atoms with van der Waals surface area (Å²) in [5.41, 5.74) is 5.76. The third-order valence-electron chi connectivity index (χ3n) is 5.90. The Morgan fingerprint density at radius 3 is 1.53 bits per heavy atom. The molecule has 4 heteroatoms. The second-order valence-corrected chi connectivity index (χ2v) is 8.37. The number of hydrogen-bond acceptors (Lipinski definition) is 3. The van der Waals surface area contributed by atoms with Crippen molar-refractivity contribution in [3.63, 3.8) is 0 Å². The molecular weight excluding hydrogens is 440 g/mol. The second-order valence-electron chi connectivity index (χ2n) is 7.99. The molecular formula is C30H21ClN2O. The van der Waals surface area contributed by atoms with Crippen molar-refractivity contribution in [3.05, 3.63) is 132 Å². The summed E-state index contributed by atoms with van der Waals surface area (Å²) >= 11 is 7.25. The maximum Gasteiger partial charge on any atom is 0.151 e. The molecule has 0 atom stereocenters. The summed E-state index contributed by atoms with van der Waals surface area (Å²) in [5, 5.41) is 0.654. The molecule has 0 aliphatic carbocycles. The van der Waals surface area contributed by atoms with E-state index in [1.165, 1.54) is 0 Å². The fourth-order valence-corrected chi connectivity index (χ4v) is 4.69. The average Bonchev–Trinajstić information content (AvgIpc) is 2.90. The Balaban J connectivity index is 1.56. The molecule has 0 saturated carbocycles. The molecule has 6 rings (SSSR count). The van der Waals surface area contributed by atoms with Gasteiger partial charge in [0.05, 0.1) is 27.8 Å². The lowest BCUT2D eigenvalue weighted by Crippen LogP contribution is -2.17. The SMILES string of the molecule is Clc1c(N(c2ccccc2)c2ccccc2)cccc1N1c2ccccc2Oc2ccccc21. The summed E-state index contributed by atoms with van der Waals surface area (Å²) in [5.74, 6) is 1.59. The topological polar surface area (TPSA) is 15.7 Å². The number of halogens is 1. The number of rotatable bonds is 4. The molecule has 5 aromatic carbocycles. The number of benzene rings is 5. The minimum atomic E-state index is 0.654. The number of anilines is 6. The standard InChI is InChI=1S/C30H21ClN2O/c31-30-26(32(22-12-3-1-4-13-22)23-14-5-2-6-15-23)18-11-19-27(30)33-24-16-7-9-20-28(24)34-29-21-10-8-17-25(29)33/h1-21H. The van der Waals surface area contributed by atoms with Gasteiger partial charge in [0.25, 0.3) is 0 Å². The summed E-state index contributed by atoms with van der Waals surface area (Å²) in [4.78, 5) is 4.36. The molecule has 0 saturated heterocycles. The van der Waals surface area contributed by atoms with Crippen LogP contribution >= 0.6 is 11.6 Å². The van der Waals surface area contributed by atoms with Gasteiger partial charge in [0, 0.05) is 11.4 Å². The van der Waals surface area contributed by atoms with Crippen LogP contribution in [0.3, 0.4) is 0 Å². The van der Waals surface area contributed by atoms with E-state index < -0.39 is 0 Å². The monoisotopic (exact) mass is 460 g/mol. The van der Waals surface area contributed by atoms with Crippen LogP contribution in [-0.2, 0) is 0 Å². The zero-order chi connectivity index (χ0) is 22.9. The molecule has 3 nitrogen and oxygen atoms in total. The zero-order valence-corrected chi connectivity index (χ0v) is 19.1. The van der Waals surface area contributed by atoms with Crippen LogP contribution in [0.25, 0.3) is 0 Å². The molecule has 0 N–H and O–H groups in total. The van der Waals surface area contributed by atoms with Crippen LogP contribution in [0.1, 0.15) is 0 Å². The number of fused-ring (bicyclic) bond motifs is 2. The number of nitrogens with zero attached hydrogens (tertiary/aromatic N) is 2. The van der Waals surface area contributed by atoms with Crippen LogP contribution in [0.4, 0.5) is 34.1 Å². The first-order chi connectivity index (χ1) is 16.8. The predicted octanol–water partition coefficient (Wildman–Crippen LogP) is 9.39. The predicted molar refractivity (Wildman–Crippen MR) is 141 cm³/mol. The van der Waals surface area contributed by atoms with E-state index >= 15 is 0 Å². The van der Waals surface area contributed by atoms with E-state index in [2.05, 4.69) is 64.4 Å². The van der Waals surface area contributed by atoms with Gasteiger partial charge in [0.15, 0.2) is 11.5 Å². The number of para-hydroxylation sites is 6. The van der Waals surface area contributed by atoms with Crippen LogP contribution in [0.15, 0.2) is 127 Å². The first-order valence-corrected chi connectivity index (χ1v) is 11.5. The highest BCUT2D eigenvalue weighted by atomic mass is 35.5. The quantitative estimate of drug-likeness (QED) is 0.260. The highest BCUT2D eigenvalue weighted by Crippen LogP contribution is 2.53. The van der Waals surface area contributed by atoms with Gasteiger partial charge in [-0.25, -0.2) is 0 Å². The Kier molecular flexibility index (Phi) is 5.17. The molecule has 164 valence electrons. The smallest absolute Gasteiger partial charge is 0.151 e. The lowest BCUT2D eigenvalue weighted by Gasteiger charge is -2.34. The van der Waals surface area contributed by atoms with Gasteiger partial charge in [-0.3, -0.25) is 0 Å². The molecule has 34 heavy (non-hydrogen) atoms. The molecule has 1 aliphatic heterocycles. The Labute approximate surface area is 204 Å². The summed E-state index contributed by atoms with van der Waals surface area (Å²) in [6.07, 6.45) is 0. The van der Waals surface area contributed by atoms with E-state index in [1.807, 2.05) is 72.8 Å². The van der Waals surface area contributed by atoms with Crippen molar-refractivity contribution in [2.24, 2.45) is 0 Å². The van der Waals surface area contributed by atoms with Crippen molar-refractivity contribution in [2.45, 2.75) is 0 Å². The Morgan fingerprint density at radius 2 is 0.971 bits per heavy atom. The van der Waals surface area contributed by atoms with Gasteiger partial charge in [-0.2, -0.15) is 0 Å². The van der Waals surface area contributed by atoms with E-state index in [0.29, 0.717) is 5.02 Å². The van der Waals surface area contributed by atoms with Crippen molar-refractivity contribution in [2.75, 3.05) is 9.80 Å². The molecule has 1 aliphatic rings. The van der Waals surface area contributed by atoms with Crippen LogP contribution in [0.5, 0.6) is 11.5 Å². The van der Waals surface area contributed by atoms with Crippen molar-refractivity contribution >= 4 is 45.7 Å². The Hall–Kier alpha value is -4.21. The van der Waals surface area contributed by atoms with Crippen LogP contribution in [0, 0.1) is 0 Å². The van der Waals surface area contributed by atoms with Crippen molar-refractivity contribution < 1.29 is 4.74 Å². The lowest BCUT2D eigenvalue weighted by atomic mass is 10.1. The molecule has 0 spiro atoms. The summed E-state index contributed by atoms with van der Waals surface area (Å²) in [6, 6.07) is 42.8. The van der Waals surface area contributed by atoms with Gasteiger partial charge < -0.3 is 14.5 Å². The summed E-state index contributed by atoms with van der Waals surface area (Å²) in [6.45, 7) is 0. The molecule has 0 fully saturated rings. The minimum Gasteiger partial charge on any atom is -0.453 e. The minimum absolute atomic E-state index is 0.654. The average molecular weight is 461 g/mol. The maximum absolute atomic E-state index is 7.25. The second kappa shape index (κ2) is 8.62. The van der Waals surface area contributed by atoms with E-state index in [4.69, 9.17) is 16.3 Å². The van der Waals surface area contributed by atoms with E-state index in [-0.39, 0.29) is 0 Å². The van der Waals surface area contributed by atoms with Gasteiger partial charge >= 0.3 is 0 Å². The highest BCUT2D eigenvalue weighted by molar-refractivity contribution is 6.36. The third-order valence-corrected chi connectivity index (χ3v) is 6.29. The van der Waals surface area contributed by atoms with Gasteiger partial charge in [-0.1, -0.05) is 78.3 Å². The molecule has 0 radical (unpaired) electrons. The molecule has 0 amide bonds. The maximum atomic E-state index is 7.25. The molecule has 0 bridgehead atoms. The largest absolute Gasteiger partial charge is 0.453 e. The molecule has 1 heterocycles. The number of ether oxygens (including phenoxy) is 1. The fourth-order valence-electron chi connectivity index (χ4n) is 4.40. The van der Waals surface area contributed by atoms with Crippen LogP contribution < -0.4 is 14.5 Å². The van der Waals surface area contributed by atoms with Gasteiger partial charge in [-0.15, -0.1) is 0 Å². The summed E-state index contributed by atoms with van der Waals surface area (Å²) in [7, 11) is 0. The normalized spacial score (nSPS) is 11.9. The summed E-state index contributed by atoms with van der Waals surface area (Å²) < 4.78 is 6.19. The Morgan fingerprint density at radius 1 is 0.500 bits per heavy atom. The van der Waals surface area contributed by atoms with Crippen molar-refractivity contribution in [1.29, 1.82) is 0 Å². The molecule has 5 aromatic rings. The first kappa shape index (κ1) is 20.4. The van der Waals surface area contributed by atoms with Crippen molar-refractivity contribution in [1.82, 2.24) is 0 Å². The van der Waals surface area contributed by atoms with E-state index in [1.54, 1.807) is 0 Å². The first-order valence-electron chi connectivity index (χ1n) is 11.2. The zero-order valence-electron chi connectivity index (χ0n) is 18.3. The van der Waals surface area contributed by atoms with E-state index in [9.17, 15) is 0 Å². The van der Waals surface area contributed by atoms with E-state index in [0.717, 1.165) is 45.6 Å². The highest BCUT2D eigenvalue weighted by Gasteiger charge is 2.28. The fraction of sp³-hybridized carbons (Fsp3) is 0. The van der Waals surface area contributed by atoms with Gasteiger partial charge in [0.1, 0.15) is 0 Å². The van der Waals surface area contributed by atoms with Crippen molar-refractivity contribution in [3.8, 4) is 11.5 Å². The molecule has 0 aromatic heterocycles. The lowest BCUT2D eigenvalue weighted by molar-refractivity contribution is 0.477. The van der Waals surface area contributed by atoms with Gasteiger partial charge in [-0.05, 0) is 60.7 Å². The van der Waals surface area contributed by atoms with Crippen LogP contribution in [0.2, 0.25) is 5.02 Å². The van der Waals surface area contributed by atoms with Crippen LogP contribution in [-0.4, -0.2) is 0 Å².